The highest BCUT2D eigenvalue weighted by Gasteiger charge is 2.24. The van der Waals surface area contributed by atoms with Gasteiger partial charge in [0.15, 0.2) is 0 Å². The van der Waals surface area contributed by atoms with Crippen molar-refractivity contribution in [1.29, 1.82) is 0 Å². The lowest BCUT2D eigenvalue weighted by Crippen LogP contribution is -2.34. The van der Waals surface area contributed by atoms with Crippen molar-refractivity contribution in [2.75, 3.05) is 6.54 Å². The predicted octanol–water partition coefficient (Wildman–Crippen LogP) is 2.90. The van der Waals surface area contributed by atoms with Crippen molar-refractivity contribution in [3.63, 3.8) is 0 Å². The summed E-state index contributed by atoms with van der Waals surface area (Å²) in [7, 11) is -1.07. The van der Waals surface area contributed by atoms with Crippen molar-refractivity contribution in [3.8, 4) is 0 Å². The van der Waals surface area contributed by atoms with Crippen LogP contribution in [0.4, 0.5) is 4.39 Å². The number of carbonyl (C=O) groups is 1. The summed E-state index contributed by atoms with van der Waals surface area (Å²) in [5, 5.41) is 2.75. The van der Waals surface area contributed by atoms with Crippen molar-refractivity contribution in [2.45, 2.75) is 63.8 Å². The molecule has 2 N–H and O–H groups in total. The first-order valence-corrected chi connectivity index (χ1v) is 8.78. The molecule has 0 fully saturated rings. The van der Waals surface area contributed by atoms with E-state index in [2.05, 4.69) is 10.0 Å². The summed E-state index contributed by atoms with van der Waals surface area (Å²) in [6, 6.07) is 0. The molecule has 1 aliphatic carbocycles. The molecule has 0 bridgehead atoms. The molecule has 1 aliphatic rings. The van der Waals surface area contributed by atoms with E-state index in [0.29, 0.717) is 25.1 Å². The van der Waals surface area contributed by atoms with Crippen molar-refractivity contribution in [2.24, 2.45) is 0 Å². The van der Waals surface area contributed by atoms with Crippen LogP contribution >= 0.6 is 0 Å². The Morgan fingerprint density at radius 3 is 2.68 bits per heavy atom. The van der Waals surface area contributed by atoms with Crippen molar-refractivity contribution >= 4 is 16.9 Å². The van der Waals surface area contributed by atoms with E-state index in [9.17, 15) is 13.4 Å². The number of hydrogen-bond donors (Lipinski definition) is 2. The molecular weight excluding hydrogens is 303 g/mol. The van der Waals surface area contributed by atoms with Gasteiger partial charge in [0.05, 0.1) is 15.7 Å². The average molecular weight is 330 g/mol. The van der Waals surface area contributed by atoms with Gasteiger partial charge in [0.1, 0.15) is 5.67 Å². The molecule has 0 aromatic carbocycles. The molecule has 0 aromatic rings. The second-order valence-electron chi connectivity index (χ2n) is 6.79. The first-order valence-electron chi connectivity index (χ1n) is 7.63. The monoisotopic (exact) mass is 330 g/mol. The summed E-state index contributed by atoms with van der Waals surface area (Å²) >= 11 is 0. The highest BCUT2D eigenvalue weighted by atomic mass is 32.2. The van der Waals surface area contributed by atoms with Gasteiger partial charge < -0.3 is 5.32 Å². The molecule has 1 amide bonds. The highest BCUT2D eigenvalue weighted by molar-refractivity contribution is 7.84. The van der Waals surface area contributed by atoms with Crippen LogP contribution < -0.4 is 10.0 Å². The Balaban J connectivity index is 2.18. The van der Waals surface area contributed by atoms with E-state index in [1.54, 1.807) is 12.2 Å². The zero-order valence-electron chi connectivity index (χ0n) is 13.9. The van der Waals surface area contributed by atoms with Gasteiger partial charge in [0, 0.05) is 25.1 Å². The largest absolute Gasteiger partial charge is 0.330 e. The minimum atomic E-state index is -1.39. The minimum Gasteiger partial charge on any atom is -0.330 e. The molecule has 6 heteroatoms. The molecule has 2 unspecified atom stereocenters. The maximum absolute atomic E-state index is 13.8. The van der Waals surface area contributed by atoms with Crippen LogP contribution in [0.5, 0.6) is 0 Å². The quantitative estimate of drug-likeness (QED) is 0.705. The maximum Gasteiger partial charge on any atom is 0.224 e. The molecule has 126 valence electrons. The average Bonchev–Trinajstić information content (AvgIpc) is 2.35. The summed E-state index contributed by atoms with van der Waals surface area (Å²) in [4.78, 5) is 11.8. The van der Waals surface area contributed by atoms with Gasteiger partial charge >= 0.3 is 0 Å². The van der Waals surface area contributed by atoms with E-state index in [0.717, 1.165) is 6.42 Å². The summed E-state index contributed by atoms with van der Waals surface area (Å²) in [6.45, 7) is 7.84. The van der Waals surface area contributed by atoms with Gasteiger partial charge in [-0.05, 0) is 52.7 Å². The number of carbonyl (C=O) groups excluding carboxylic acids is 1. The van der Waals surface area contributed by atoms with Crippen LogP contribution in [-0.4, -0.2) is 27.1 Å². The molecule has 2 atom stereocenters. The molecule has 0 saturated carbocycles. The van der Waals surface area contributed by atoms with Crippen LogP contribution in [-0.2, 0) is 15.8 Å². The van der Waals surface area contributed by atoms with Crippen LogP contribution in [0.2, 0.25) is 0 Å². The first-order chi connectivity index (χ1) is 10.1. The summed E-state index contributed by atoms with van der Waals surface area (Å²) < 4.78 is 28.2. The molecule has 22 heavy (non-hydrogen) atoms. The van der Waals surface area contributed by atoms with Gasteiger partial charge in [-0.15, -0.1) is 0 Å². The zero-order valence-corrected chi connectivity index (χ0v) is 14.7. The molecular formula is C16H27FN2O2S. The molecule has 0 heterocycles. The Hall–Kier alpha value is -1.01. The van der Waals surface area contributed by atoms with Crippen LogP contribution in [0.25, 0.3) is 0 Å². The van der Waals surface area contributed by atoms with E-state index in [1.807, 2.05) is 20.8 Å². The van der Waals surface area contributed by atoms with Gasteiger partial charge in [-0.2, -0.15) is 0 Å². The molecule has 0 aromatic heterocycles. The van der Waals surface area contributed by atoms with Crippen LogP contribution in [0, 0.1) is 0 Å². The number of alkyl halides is 1. The lowest BCUT2D eigenvalue weighted by atomic mass is 9.97. The van der Waals surface area contributed by atoms with Gasteiger partial charge in [0.2, 0.25) is 5.91 Å². The SMILES string of the molecule is CC1(F)C=CC=C(NC(=O)CCCCNS(=O)C(C)(C)C)C1. The number of unbranched alkanes of at least 4 members (excludes halogenated alkanes) is 1. The Labute approximate surface area is 135 Å². The molecule has 0 aliphatic heterocycles. The highest BCUT2D eigenvalue weighted by Crippen LogP contribution is 2.24. The second kappa shape index (κ2) is 8.02. The minimum absolute atomic E-state index is 0.103. The normalized spacial score (nSPS) is 23.0. The van der Waals surface area contributed by atoms with Gasteiger partial charge in [-0.3, -0.25) is 4.79 Å². The van der Waals surface area contributed by atoms with Crippen molar-refractivity contribution in [3.05, 3.63) is 23.9 Å². The summed E-state index contributed by atoms with van der Waals surface area (Å²) in [6.07, 6.45) is 6.90. The van der Waals surface area contributed by atoms with E-state index in [1.165, 1.54) is 13.0 Å². The molecule has 0 radical (unpaired) electrons. The van der Waals surface area contributed by atoms with Crippen LogP contribution in [0.1, 0.15) is 53.4 Å². The van der Waals surface area contributed by atoms with E-state index in [4.69, 9.17) is 0 Å². The van der Waals surface area contributed by atoms with Crippen LogP contribution in [0.3, 0.4) is 0 Å². The van der Waals surface area contributed by atoms with Crippen LogP contribution in [0.15, 0.2) is 23.9 Å². The van der Waals surface area contributed by atoms with Gasteiger partial charge in [-0.25, -0.2) is 13.3 Å². The molecule has 4 nitrogen and oxygen atoms in total. The third-order valence-electron chi connectivity index (χ3n) is 3.20. The standard InChI is InChI=1S/C16H27FN2O2S/c1-15(2,3)22(21)18-11-6-5-9-14(20)19-13-8-7-10-16(4,17)12-13/h7-8,10,18H,5-6,9,11-12H2,1-4H3,(H,19,20). The zero-order chi connectivity index (χ0) is 16.8. The smallest absolute Gasteiger partial charge is 0.224 e. The lowest BCUT2D eigenvalue weighted by Gasteiger charge is -2.21. The van der Waals surface area contributed by atoms with E-state index >= 15 is 0 Å². The second-order valence-corrected chi connectivity index (χ2v) is 8.84. The maximum atomic E-state index is 13.8. The third kappa shape index (κ3) is 7.31. The number of amides is 1. The molecule has 1 rings (SSSR count). The first kappa shape index (κ1) is 19.0. The fraction of sp³-hybridized carbons (Fsp3) is 0.688. The number of nitrogens with one attached hydrogen (secondary N) is 2. The molecule has 0 saturated heterocycles. The lowest BCUT2D eigenvalue weighted by molar-refractivity contribution is -0.120. The fourth-order valence-corrected chi connectivity index (χ4v) is 2.74. The Morgan fingerprint density at radius 2 is 2.09 bits per heavy atom. The van der Waals surface area contributed by atoms with Crippen molar-refractivity contribution < 1.29 is 13.4 Å². The number of allylic oxidation sites excluding steroid dienone is 4. The topological polar surface area (TPSA) is 58.2 Å². The van der Waals surface area contributed by atoms with Gasteiger partial charge in [0.25, 0.3) is 0 Å². The Bertz CT molecular complexity index is 479. The Kier molecular flexibility index (Phi) is 6.94. The summed E-state index contributed by atoms with van der Waals surface area (Å²) in [5.74, 6) is -0.103. The predicted molar refractivity (Wildman–Crippen MR) is 89.2 cm³/mol. The number of rotatable bonds is 7. The van der Waals surface area contributed by atoms with Crippen molar-refractivity contribution in [1.82, 2.24) is 10.0 Å². The van der Waals surface area contributed by atoms with E-state index in [-0.39, 0.29) is 17.1 Å². The number of hydrogen-bond acceptors (Lipinski definition) is 2. The van der Waals surface area contributed by atoms with Gasteiger partial charge in [-0.1, -0.05) is 6.08 Å². The third-order valence-corrected chi connectivity index (χ3v) is 4.78. The van der Waals surface area contributed by atoms with E-state index < -0.39 is 16.7 Å². The molecule has 0 spiro atoms. The fourth-order valence-electron chi connectivity index (χ4n) is 1.97. The summed E-state index contributed by atoms with van der Waals surface area (Å²) in [5.41, 5.74) is -0.775. The number of halogens is 1. The Morgan fingerprint density at radius 1 is 1.41 bits per heavy atom.